The van der Waals surface area contributed by atoms with Crippen LogP contribution in [0.4, 0.5) is 13.2 Å². The van der Waals surface area contributed by atoms with E-state index in [9.17, 15) is 21.6 Å². The van der Waals surface area contributed by atoms with Gasteiger partial charge in [-0.1, -0.05) is 12.5 Å². The highest BCUT2D eigenvalue weighted by Gasteiger charge is 2.32. The van der Waals surface area contributed by atoms with Gasteiger partial charge in [0, 0.05) is 6.04 Å². The molecule has 0 saturated heterocycles. The molecule has 2 unspecified atom stereocenters. The Morgan fingerprint density at radius 1 is 1.24 bits per heavy atom. The number of nitrogens with two attached hydrogens (primary N) is 1. The quantitative estimate of drug-likeness (QED) is 0.927. The van der Waals surface area contributed by atoms with Crippen molar-refractivity contribution in [2.24, 2.45) is 11.7 Å². The van der Waals surface area contributed by atoms with Gasteiger partial charge in [0.05, 0.1) is 16.2 Å². The standard InChI is InChI=1S/C14H18F3NO2S/c15-14(16,17)11-4-2-5-12(9-11)21(19,20)8-7-10-3-1-6-13(10)18/h2,4-5,9-10,13H,1,3,6-8,18H2. The Kier molecular flexibility index (Phi) is 4.63. The maximum Gasteiger partial charge on any atom is 0.416 e. The van der Waals surface area contributed by atoms with Crippen LogP contribution < -0.4 is 5.73 Å². The van der Waals surface area contributed by atoms with Crippen LogP contribution in [-0.2, 0) is 16.0 Å². The van der Waals surface area contributed by atoms with Crippen LogP contribution in [0.1, 0.15) is 31.2 Å². The zero-order chi connectivity index (χ0) is 15.7. The lowest BCUT2D eigenvalue weighted by molar-refractivity contribution is -0.137. The van der Waals surface area contributed by atoms with E-state index in [-0.39, 0.29) is 22.6 Å². The third kappa shape index (κ3) is 3.97. The fourth-order valence-corrected chi connectivity index (χ4v) is 4.16. The molecular formula is C14H18F3NO2S. The van der Waals surface area contributed by atoms with E-state index in [2.05, 4.69) is 0 Å². The molecular weight excluding hydrogens is 303 g/mol. The Hall–Kier alpha value is -1.08. The van der Waals surface area contributed by atoms with Crippen molar-refractivity contribution in [1.29, 1.82) is 0 Å². The Morgan fingerprint density at radius 3 is 2.52 bits per heavy atom. The summed E-state index contributed by atoms with van der Waals surface area (Å²) >= 11 is 0. The number of rotatable bonds is 4. The van der Waals surface area contributed by atoms with Gasteiger partial charge in [0.15, 0.2) is 9.84 Å². The van der Waals surface area contributed by atoms with E-state index in [0.29, 0.717) is 12.5 Å². The van der Waals surface area contributed by atoms with Gasteiger partial charge in [-0.05, 0) is 43.4 Å². The van der Waals surface area contributed by atoms with E-state index in [1.165, 1.54) is 6.07 Å². The Balaban J connectivity index is 2.12. The predicted molar refractivity (Wildman–Crippen MR) is 73.4 cm³/mol. The molecule has 0 radical (unpaired) electrons. The topological polar surface area (TPSA) is 60.2 Å². The number of benzene rings is 1. The number of alkyl halides is 3. The summed E-state index contributed by atoms with van der Waals surface area (Å²) < 4.78 is 62.2. The molecule has 1 aliphatic rings. The second kappa shape index (κ2) is 5.96. The average Bonchev–Trinajstić information content (AvgIpc) is 2.81. The second-order valence-corrected chi connectivity index (χ2v) is 7.60. The normalized spacial score (nSPS) is 23.4. The highest BCUT2D eigenvalue weighted by atomic mass is 32.2. The molecule has 0 bridgehead atoms. The van der Waals surface area contributed by atoms with Gasteiger partial charge in [0.25, 0.3) is 0 Å². The first-order valence-corrected chi connectivity index (χ1v) is 8.51. The summed E-state index contributed by atoms with van der Waals surface area (Å²) in [6.07, 6.45) is -1.39. The fraction of sp³-hybridized carbons (Fsp3) is 0.571. The van der Waals surface area contributed by atoms with Crippen molar-refractivity contribution in [3.63, 3.8) is 0 Å². The van der Waals surface area contributed by atoms with E-state index in [0.717, 1.165) is 31.4 Å². The molecule has 21 heavy (non-hydrogen) atoms. The molecule has 1 aliphatic carbocycles. The molecule has 7 heteroatoms. The maximum absolute atomic E-state index is 12.6. The van der Waals surface area contributed by atoms with Crippen LogP contribution >= 0.6 is 0 Å². The van der Waals surface area contributed by atoms with Crippen LogP contribution in [0.2, 0.25) is 0 Å². The first-order chi connectivity index (χ1) is 9.70. The molecule has 2 rings (SSSR count). The highest BCUT2D eigenvalue weighted by molar-refractivity contribution is 7.91. The molecule has 3 nitrogen and oxygen atoms in total. The zero-order valence-corrected chi connectivity index (χ0v) is 12.3. The number of hydrogen-bond acceptors (Lipinski definition) is 3. The van der Waals surface area contributed by atoms with E-state index in [1.54, 1.807) is 0 Å². The average molecular weight is 321 g/mol. The van der Waals surface area contributed by atoms with E-state index in [1.807, 2.05) is 0 Å². The lowest BCUT2D eigenvalue weighted by Crippen LogP contribution is -2.26. The molecule has 1 saturated carbocycles. The Labute approximate surface area is 122 Å². The molecule has 0 amide bonds. The molecule has 2 atom stereocenters. The fourth-order valence-electron chi connectivity index (χ4n) is 2.71. The van der Waals surface area contributed by atoms with Gasteiger partial charge < -0.3 is 5.73 Å². The van der Waals surface area contributed by atoms with E-state index >= 15 is 0 Å². The minimum atomic E-state index is -4.54. The lowest BCUT2D eigenvalue weighted by Gasteiger charge is -2.15. The summed E-state index contributed by atoms with van der Waals surface area (Å²) in [7, 11) is -3.71. The van der Waals surface area contributed by atoms with Gasteiger partial charge in [0.1, 0.15) is 0 Å². The van der Waals surface area contributed by atoms with Gasteiger partial charge in [-0.25, -0.2) is 8.42 Å². The molecule has 0 spiro atoms. The molecule has 1 fully saturated rings. The van der Waals surface area contributed by atoms with Crippen molar-refractivity contribution >= 4 is 9.84 Å². The summed E-state index contributed by atoms with van der Waals surface area (Å²) in [6, 6.07) is 3.90. The van der Waals surface area contributed by atoms with E-state index < -0.39 is 21.6 Å². The smallest absolute Gasteiger partial charge is 0.327 e. The third-order valence-electron chi connectivity index (χ3n) is 4.00. The van der Waals surface area contributed by atoms with Gasteiger partial charge in [0.2, 0.25) is 0 Å². The number of sulfone groups is 1. The number of halogens is 3. The first kappa shape index (κ1) is 16.3. The third-order valence-corrected chi connectivity index (χ3v) is 5.74. The largest absolute Gasteiger partial charge is 0.416 e. The van der Waals surface area contributed by atoms with Crippen molar-refractivity contribution in [2.75, 3.05) is 5.75 Å². The first-order valence-electron chi connectivity index (χ1n) is 6.86. The van der Waals surface area contributed by atoms with Crippen LogP contribution in [-0.4, -0.2) is 20.2 Å². The van der Waals surface area contributed by atoms with Crippen molar-refractivity contribution in [3.05, 3.63) is 29.8 Å². The summed E-state index contributed by atoms with van der Waals surface area (Å²) in [5.74, 6) is -0.0160. The van der Waals surface area contributed by atoms with Crippen molar-refractivity contribution in [3.8, 4) is 0 Å². The van der Waals surface area contributed by atoms with Crippen LogP contribution in [0.25, 0.3) is 0 Å². The molecule has 0 aliphatic heterocycles. The molecule has 1 aromatic carbocycles. The second-order valence-electron chi connectivity index (χ2n) is 5.49. The molecule has 1 aromatic rings. The van der Waals surface area contributed by atoms with Crippen LogP contribution in [0.15, 0.2) is 29.2 Å². The Morgan fingerprint density at radius 2 is 1.95 bits per heavy atom. The monoisotopic (exact) mass is 321 g/mol. The summed E-state index contributed by atoms with van der Waals surface area (Å²) in [6.45, 7) is 0. The van der Waals surface area contributed by atoms with E-state index in [4.69, 9.17) is 5.73 Å². The minimum absolute atomic E-state index is 0.00158. The molecule has 118 valence electrons. The van der Waals surface area contributed by atoms with Crippen LogP contribution in [0.5, 0.6) is 0 Å². The number of hydrogen-bond donors (Lipinski definition) is 1. The summed E-state index contributed by atoms with van der Waals surface area (Å²) in [5.41, 5.74) is 4.94. The van der Waals surface area contributed by atoms with Crippen molar-refractivity contribution in [1.82, 2.24) is 0 Å². The van der Waals surface area contributed by atoms with Crippen LogP contribution in [0, 0.1) is 5.92 Å². The van der Waals surface area contributed by atoms with Gasteiger partial charge >= 0.3 is 6.18 Å². The highest BCUT2D eigenvalue weighted by Crippen LogP contribution is 2.32. The molecule has 2 N–H and O–H groups in total. The minimum Gasteiger partial charge on any atom is -0.327 e. The lowest BCUT2D eigenvalue weighted by atomic mass is 10.0. The maximum atomic E-state index is 12.6. The van der Waals surface area contributed by atoms with Gasteiger partial charge in [-0.15, -0.1) is 0 Å². The van der Waals surface area contributed by atoms with Gasteiger partial charge in [-0.2, -0.15) is 13.2 Å². The summed E-state index contributed by atoms with van der Waals surface area (Å²) in [5, 5.41) is 0. The Bertz CT molecular complexity index is 598. The van der Waals surface area contributed by atoms with Crippen LogP contribution in [0.3, 0.4) is 0 Å². The van der Waals surface area contributed by atoms with Crippen molar-refractivity contribution < 1.29 is 21.6 Å². The summed E-state index contributed by atoms with van der Waals surface area (Å²) in [4.78, 5) is -0.274. The molecule has 0 heterocycles. The van der Waals surface area contributed by atoms with Crippen molar-refractivity contribution in [2.45, 2.75) is 42.8 Å². The predicted octanol–water partition coefficient (Wildman–Crippen LogP) is 3.00. The van der Waals surface area contributed by atoms with Gasteiger partial charge in [-0.3, -0.25) is 0 Å². The SMILES string of the molecule is NC1CCCC1CCS(=O)(=O)c1cccc(C(F)(F)F)c1. The zero-order valence-electron chi connectivity index (χ0n) is 11.4. The molecule has 0 aromatic heterocycles.